The lowest BCUT2D eigenvalue weighted by Crippen LogP contribution is -2.05. The summed E-state index contributed by atoms with van der Waals surface area (Å²) in [5.74, 6) is -1.09. The number of aromatic nitrogens is 2. The van der Waals surface area contributed by atoms with Crippen molar-refractivity contribution < 1.29 is 9.72 Å². The molecule has 131 valence electrons. The molecular weight excluding hydrogens is 402 g/mol. The number of H-pyrrole nitrogens is 1. The molecule has 26 heavy (non-hydrogen) atoms. The molecular formula is C17H13BrN5O3. The fourth-order valence-corrected chi connectivity index (χ4v) is 2.96. The number of rotatable bonds is 6. The molecule has 0 saturated heterocycles. The van der Waals surface area contributed by atoms with E-state index in [2.05, 4.69) is 31.4 Å². The number of nitrogens with zero attached hydrogens (tertiary/aromatic N) is 2. The molecule has 3 N–H and O–H groups in total. The second-order valence-electron chi connectivity index (χ2n) is 5.42. The summed E-state index contributed by atoms with van der Waals surface area (Å²) in [7, 11) is 0. The maximum absolute atomic E-state index is 11.2. The maximum atomic E-state index is 11.2. The zero-order valence-corrected chi connectivity index (χ0v) is 14.9. The number of alkyl halides is 1. The van der Waals surface area contributed by atoms with E-state index in [4.69, 9.17) is 5.73 Å². The van der Waals surface area contributed by atoms with Crippen LogP contribution >= 0.6 is 15.9 Å². The van der Waals surface area contributed by atoms with Gasteiger partial charge in [-0.3, -0.25) is 25.7 Å². The Hall–Kier alpha value is -3.20. The summed E-state index contributed by atoms with van der Waals surface area (Å²) in [4.78, 5) is 21.7. The Bertz CT molecular complexity index is 986. The van der Waals surface area contributed by atoms with Crippen LogP contribution in [-0.4, -0.2) is 21.0 Å². The molecule has 1 aromatic heterocycles. The van der Waals surface area contributed by atoms with E-state index in [1.54, 1.807) is 0 Å². The van der Waals surface area contributed by atoms with Crippen LogP contribution in [0.1, 0.15) is 15.9 Å². The topological polar surface area (TPSA) is 125 Å². The minimum atomic E-state index is -1.09. The van der Waals surface area contributed by atoms with Crippen molar-refractivity contribution in [1.82, 2.24) is 15.9 Å². The molecule has 9 heteroatoms. The highest BCUT2D eigenvalue weighted by atomic mass is 79.9. The van der Waals surface area contributed by atoms with Crippen molar-refractivity contribution in [1.29, 1.82) is 0 Å². The number of nitrogens with one attached hydrogen (secondary N) is 3. The largest absolute Gasteiger partial charge is 0.355 e. The van der Waals surface area contributed by atoms with Gasteiger partial charge in [-0.25, -0.2) is 0 Å². The van der Waals surface area contributed by atoms with Gasteiger partial charge in [-0.2, -0.15) is 5.10 Å². The number of amides is 1. The van der Waals surface area contributed by atoms with Gasteiger partial charge in [0, 0.05) is 40.1 Å². The molecule has 0 aliphatic carbocycles. The van der Waals surface area contributed by atoms with Gasteiger partial charge in [-0.15, -0.1) is 0 Å². The van der Waals surface area contributed by atoms with Gasteiger partial charge in [0.05, 0.1) is 10.6 Å². The number of nitro benzene ring substituents is 1. The number of hydrogen-bond acceptors (Lipinski definition) is 5. The van der Waals surface area contributed by atoms with E-state index in [-0.39, 0.29) is 5.56 Å². The highest BCUT2D eigenvalue weighted by molar-refractivity contribution is 9.08. The maximum Gasteiger partial charge on any atom is 0.284 e. The van der Waals surface area contributed by atoms with Crippen molar-refractivity contribution in [3.63, 3.8) is 0 Å². The van der Waals surface area contributed by atoms with Gasteiger partial charge in [-0.1, -0.05) is 28.1 Å². The molecule has 0 aliphatic rings. The molecule has 0 atom stereocenters. The van der Waals surface area contributed by atoms with Crippen LogP contribution in [0.3, 0.4) is 0 Å². The van der Waals surface area contributed by atoms with E-state index in [9.17, 15) is 14.9 Å². The number of halogens is 1. The zero-order chi connectivity index (χ0) is 18.7. The van der Waals surface area contributed by atoms with Crippen molar-refractivity contribution in [2.45, 2.75) is 5.33 Å². The lowest BCUT2D eigenvalue weighted by atomic mass is 10.1. The highest BCUT2D eigenvalue weighted by Crippen LogP contribution is 2.29. The van der Waals surface area contributed by atoms with Crippen molar-refractivity contribution >= 4 is 38.9 Å². The SMILES string of the molecule is [NH]C(=O)c1ccc(Nc2cccc(-c3n[nH]cc3CBr)c2)cc1[N+](=O)[O-]. The first-order valence-electron chi connectivity index (χ1n) is 7.50. The summed E-state index contributed by atoms with van der Waals surface area (Å²) in [6, 6.07) is 11.5. The highest BCUT2D eigenvalue weighted by Gasteiger charge is 2.19. The summed E-state index contributed by atoms with van der Waals surface area (Å²) >= 11 is 3.41. The van der Waals surface area contributed by atoms with Gasteiger partial charge >= 0.3 is 0 Å². The zero-order valence-electron chi connectivity index (χ0n) is 13.3. The predicted molar refractivity (Wildman–Crippen MR) is 100 cm³/mol. The van der Waals surface area contributed by atoms with E-state index in [1.807, 2.05) is 30.5 Å². The number of carbonyl (C=O) groups is 1. The number of benzene rings is 2. The third-order valence-corrected chi connectivity index (χ3v) is 4.33. The van der Waals surface area contributed by atoms with Crippen molar-refractivity contribution in [2.24, 2.45) is 0 Å². The Morgan fingerprint density at radius 2 is 2.04 bits per heavy atom. The van der Waals surface area contributed by atoms with Crippen molar-refractivity contribution in [3.8, 4) is 11.3 Å². The van der Waals surface area contributed by atoms with Crippen LogP contribution in [0.5, 0.6) is 0 Å². The molecule has 0 fully saturated rings. The van der Waals surface area contributed by atoms with Crippen LogP contribution in [0, 0.1) is 10.1 Å². The van der Waals surface area contributed by atoms with Crippen LogP contribution in [0.2, 0.25) is 0 Å². The standard InChI is InChI=1S/C17H13BrN5O3/c18-8-11-9-20-22-16(11)10-2-1-3-12(6-10)21-13-4-5-14(17(19)24)15(7-13)23(25)26/h1-7,9,19,21H,8H2,(H,20,22). The Morgan fingerprint density at radius 3 is 2.73 bits per heavy atom. The number of carbonyl (C=O) groups excluding carboxylic acids is 1. The fraction of sp³-hybridized carbons (Fsp3) is 0.0588. The summed E-state index contributed by atoms with van der Waals surface area (Å²) < 4.78 is 0. The van der Waals surface area contributed by atoms with Gasteiger partial charge in [0.15, 0.2) is 0 Å². The summed E-state index contributed by atoms with van der Waals surface area (Å²) in [5, 5.41) is 21.9. The first-order chi connectivity index (χ1) is 12.5. The van der Waals surface area contributed by atoms with Gasteiger partial charge in [0.25, 0.3) is 11.6 Å². The molecule has 0 unspecified atom stereocenters. The average Bonchev–Trinajstić information content (AvgIpc) is 3.10. The van der Waals surface area contributed by atoms with E-state index in [0.717, 1.165) is 16.8 Å². The third-order valence-electron chi connectivity index (χ3n) is 3.73. The Morgan fingerprint density at radius 1 is 1.27 bits per heavy atom. The number of hydrogen-bond donors (Lipinski definition) is 2. The Balaban J connectivity index is 1.92. The van der Waals surface area contributed by atoms with Crippen LogP contribution in [0.25, 0.3) is 11.3 Å². The first kappa shape index (κ1) is 17.6. The summed E-state index contributed by atoms with van der Waals surface area (Å²) in [6.45, 7) is 0. The van der Waals surface area contributed by atoms with E-state index >= 15 is 0 Å². The Kier molecular flexibility index (Phi) is 4.99. The van der Waals surface area contributed by atoms with Crippen molar-refractivity contribution in [2.75, 3.05) is 5.32 Å². The van der Waals surface area contributed by atoms with E-state index in [0.29, 0.717) is 16.7 Å². The minimum absolute atomic E-state index is 0.243. The molecule has 2 aromatic carbocycles. The quantitative estimate of drug-likeness (QED) is 0.357. The summed E-state index contributed by atoms with van der Waals surface area (Å²) in [5.41, 5.74) is 10.3. The molecule has 1 heterocycles. The van der Waals surface area contributed by atoms with Gasteiger partial charge < -0.3 is 5.32 Å². The number of nitro groups is 1. The average molecular weight is 415 g/mol. The van der Waals surface area contributed by atoms with E-state index in [1.165, 1.54) is 18.2 Å². The van der Waals surface area contributed by atoms with Crippen LogP contribution in [0.4, 0.5) is 17.1 Å². The van der Waals surface area contributed by atoms with Crippen LogP contribution < -0.4 is 11.1 Å². The molecule has 0 saturated carbocycles. The minimum Gasteiger partial charge on any atom is -0.355 e. The van der Waals surface area contributed by atoms with Crippen molar-refractivity contribution in [3.05, 3.63) is 69.9 Å². The molecule has 8 nitrogen and oxygen atoms in total. The fourth-order valence-electron chi connectivity index (χ4n) is 2.53. The van der Waals surface area contributed by atoms with Gasteiger partial charge in [0.2, 0.25) is 0 Å². The smallest absolute Gasteiger partial charge is 0.284 e. The number of anilines is 2. The second kappa shape index (κ2) is 7.36. The molecule has 1 amide bonds. The number of aromatic amines is 1. The normalized spacial score (nSPS) is 10.5. The molecule has 0 bridgehead atoms. The van der Waals surface area contributed by atoms with Crippen LogP contribution in [0.15, 0.2) is 48.7 Å². The molecule has 1 radical (unpaired) electrons. The van der Waals surface area contributed by atoms with Gasteiger partial charge in [0.1, 0.15) is 5.56 Å². The molecule has 0 aliphatic heterocycles. The molecule has 3 rings (SSSR count). The third kappa shape index (κ3) is 3.57. The second-order valence-corrected chi connectivity index (χ2v) is 5.98. The monoisotopic (exact) mass is 414 g/mol. The molecule has 3 aromatic rings. The Labute approximate surface area is 156 Å². The predicted octanol–water partition coefficient (Wildman–Crippen LogP) is 4.05. The van der Waals surface area contributed by atoms with E-state index < -0.39 is 16.5 Å². The van der Waals surface area contributed by atoms with Gasteiger partial charge in [-0.05, 0) is 24.3 Å². The lowest BCUT2D eigenvalue weighted by Gasteiger charge is -2.09. The summed E-state index contributed by atoms with van der Waals surface area (Å²) in [6.07, 6.45) is 1.81. The van der Waals surface area contributed by atoms with Crippen LogP contribution in [-0.2, 0) is 5.33 Å². The molecule has 0 spiro atoms. The first-order valence-corrected chi connectivity index (χ1v) is 8.62. The lowest BCUT2D eigenvalue weighted by molar-refractivity contribution is -0.385.